The van der Waals surface area contributed by atoms with Gasteiger partial charge in [0.2, 0.25) is 11.8 Å². The maximum atomic E-state index is 14.8. The molecule has 0 spiro atoms. The summed E-state index contributed by atoms with van der Waals surface area (Å²) in [7, 11) is 0. The van der Waals surface area contributed by atoms with Crippen molar-refractivity contribution in [2.45, 2.75) is 84.0 Å². The largest absolute Gasteiger partial charge is 0.573 e. The molecule has 2 N–H and O–H groups in total. The van der Waals surface area contributed by atoms with Crippen LogP contribution in [0.1, 0.15) is 52.2 Å². The minimum absolute atomic E-state index is 0.103. The van der Waals surface area contributed by atoms with Crippen LogP contribution in [0.2, 0.25) is 0 Å². The molecule has 1 heterocycles. The molecule has 2 atom stereocenters. The number of carbonyl (C=O) groups excluding carboxylic acids is 3. The number of alkyl carbamates (subject to hydrolysis) is 1. The Balaban J connectivity index is 1.94. The van der Waals surface area contributed by atoms with E-state index in [-0.39, 0.29) is 24.0 Å². The number of nitrogens with one attached hydrogen (secondary N) is 2. The van der Waals surface area contributed by atoms with Gasteiger partial charge in [0.15, 0.2) is 11.6 Å². The van der Waals surface area contributed by atoms with Crippen molar-refractivity contribution in [2.75, 3.05) is 4.90 Å². The van der Waals surface area contributed by atoms with Crippen LogP contribution in [0.25, 0.3) is 0 Å². The molecule has 42 heavy (non-hydrogen) atoms. The summed E-state index contributed by atoms with van der Waals surface area (Å²) >= 11 is 0. The highest BCUT2D eigenvalue weighted by Gasteiger charge is 2.38. The van der Waals surface area contributed by atoms with Crippen molar-refractivity contribution in [1.82, 2.24) is 10.6 Å². The van der Waals surface area contributed by atoms with Crippen LogP contribution in [0.15, 0.2) is 30.3 Å². The minimum Gasteiger partial charge on any atom is -0.444 e. The molecule has 230 valence electrons. The average molecular weight is 604 g/mol. The zero-order valence-corrected chi connectivity index (χ0v) is 23.5. The Morgan fingerprint density at radius 1 is 1.07 bits per heavy atom. The first-order valence-electron chi connectivity index (χ1n) is 13.0. The van der Waals surface area contributed by atoms with Gasteiger partial charge in [-0.1, -0.05) is 18.2 Å². The number of ether oxygens (including phenoxy) is 2. The van der Waals surface area contributed by atoms with Crippen LogP contribution in [0.4, 0.5) is 36.8 Å². The Hall–Kier alpha value is -3.97. The highest BCUT2D eigenvalue weighted by Crippen LogP contribution is 2.35. The third kappa shape index (κ3) is 8.07. The van der Waals surface area contributed by atoms with Gasteiger partial charge in [-0.3, -0.25) is 9.59 Å². The molecule has 3 rings (SSSR count). The predicted octanol–water partition coefficient (Wildman–Crippen LogP) is 5.31. The second kappa shape index (κ2) is 12.5. The number of rotatable bonds is 7. The molecule has 0 fully saturated rings. The van der Waals surface area contributed by atoms with E-state index in [9.17, 15) is 40.7 Å². The van der Waals surface area contributed by atoms with E-state index in [1.807, 2.05) is 0 Å². The Kier molecular flexibility index (Phi) is 9.68. The van der Waals surface area contributed by atoms with Crippen molar-refractivity contribution in [3.8, 4) is 5.75 Å². The monoisotopic (exact) mass is 603 g/mol. The average Bonchev–Trinajstić information content (AvgIpc) is 2.98. The van der Waals surface area contributed by atoms with Gasteiger partial charge in [-0.2, -0.15) is 0 Å². The van der Waals surface area contributed by atoms with Crippen LogP contribution in [0, 0.1) is 17.5 Å². The first-order valence-corrected chi connectivity index (χ1v) is 13.0. The summed E-state index contributed by atoms with van der Waals surface area (Å²) in [6.45, 7) is 7.68. The molecule has 0 radical (unpaired) electrons. The molecule has 8 nitrogen and oxygen atoms in total. The van der Waals surface area contributed by atoms with Crippen LogP contribution in [-0.4, -0.2) is 48.0 Å². The molecule has 0 saturated heterocycles. The summed E-state index contributed by atoms with van der Waals surface area (Å²) < 4.78 is 91.7. The molecule has 0 saturated carbocycles. The lowest BCUT2D eigenvalue weighted by Gasteiger charge is -2.31. The summed E-state index contributed by atoms with van der Waals surface area (Å²) in [5.41, 5.74) is -1.93. The maximum absolute atomic E-state index is 14.8. The molecule has 2 unspecified atom stereocenters. The van der Waals surface area contributed by atoms with Crippen molar-refractivity contribution >= 4 is 23.6 Å². The Bertz CT molecular complexity index is 1340. The van der Waals surface area contributed by atoms with Crippen LogP contribution in [0.5, 0.6) is 5.75 Å². The molecule has 0 aliphatic carbocycles. The number of amides is 3. The Morgan fingerprint density at radius 2 is 1.71 bits per heavy atom. The highest BCUT2D eigenvalue weighted by atomic mass is 19.4. The number of hydrogen-bond acceptors (Lipinski definition) is 5. The first-order chi connectivity index (χ1) is 19.4. The number of halogens is 6. The molecule has 1 aliphatic heterocycles. The van der Waals surface area contributed by atoms with Crippen molar-refractivity contribution in [2.24, 2.45) is 0 Å². The van der Waals surface area contributed by atoms with Crippen molar-refractivity contribution in [3.05, 3.63) is 58.9 Å². The number of alkyl halides is 3. The van der Waals surface area contributed by atoms with E-state index in [0.29, 0.717) is 6.07 Å². The number of fused-ring (bicyclic) bond motifs is 1. The van der Waals surface area contributed by atoms with Gasteiger partial charge in [0.25, 0.3) is 0 Å². The fraction of sp³-hybridized carbons (Fsp3) is 0.464. The summed E-state index contributed by atoms with van der Waals surface area (Å²) in [5, 5.41) is 4.74. The Labute approximate surface area is 238 Å². The van der Waals surface area contributed by atoms with E-state index in [1.54, 1.807) is 20.8 Å². The second-order valence-electron chi connectivity index (χ2n) is 10.9. The fourth-order valence-corrected chi connectivity index (χ4v) is 4.51. The molecule has 0 bridgehead atoms. The standard InChI is InChI=1S/C28H31F6N3O5/c1-14(2)37-23-16(22(31)17(29)13-18(23)30)10-11-19(25(37)39)35-24(38)20(36-26(40)42-27(3,4)5)12-15-8-6-7-9-21(15)41-28(32,33)34/h6-9,13-14,19-20H,10-12H2,1-5H3,(H,35,38)(H,36,40). The zero-order chi connectivity index (χ0) is 31.6. The number of nitrogens with zero attached hydrogens (tertiary/aromatic N) is 1. The predicted molar refractivity (Wildman–Crippen MR) is 139 cm³/mol. The van der Waals surface area contributed by atoms with Gasteiger partial charge in [0, 0.05) is 24.1 Å². The number of hydrogen-bond donors (Lipinski definition) is 2. The summed E-state index contributed by atoms with van der Waals surface area (Å²) in [6, 6.07) is 1.59. The van der Waals surface area contributed by atoms with E-state index >= 15 is 0 Å². The van der Waals surface area contributed by atoms with Crippen molar-refractivity contribution in [3.63, 3.8) is 0 Å². The number of carbonyl (C=O) groups is 3. The fourth-order valence-electron chi connectivity index (χ4n) is 4.51. The van der Waals surface area contributed by atoms with E-state index in [4.69, 9.17) is 4.74 Å². The Morgan fingerprint density at radius 3 is 2.31 bits per heavy atom. The van der Waals surface area contributed by atoms with Gasteiger partial charge in [-0.05, 0) is 59.1 Å². The third-order valence-corrected chi connectivity index (χ3v) is 6.16. The van der Waals surface area contributed by atoms with Crippen LogP contribution >= 0.6 is 0 Å². The van der Waals surface area contributed by atoms with E-state index in [2.05, 4.69) is 15.4 Å². The minimum atomic E-state index is -5.04. The van der Waals surface area contributed by atoms with Gasteiger partial charge in [0.05, 0.1) is 5.69 Å². The molecule has 1 aliphatic rings. The zero-order valence-electron chi connectivity index (χ0n) is 23.5. The smallest absolute Gasteiger partial charge is 0.444 e. The third-order valence-electron chi connectivity index (χ3n) is 6.16. The lowest BCUT2D eigenvalue weighted by atomic mass is 10.0. The SMILES string of the molecule is CC(C)N1C(=O)C(NC(=O)C(Cc2ccccc2OC(F)(F)F)NC(=O)OC(C)(C)C)CCc2c(F)c(F)cc(F)c21. The number of para-hydroxylation sites is 1. The normalized spacial score (nSPS) is 16.4. The molecule has 3 amide bonds. The summed E-state index contributed by atoms with van der Waals surface area (Å²) in [4.78, 5) is 40.5. The molecule has 2 aromatic carbocycles. The maximum Gasteiger partial charge on any atom is 0.573 e. The van der Waals surface area contributed by atoms with Gasteiger partial charge >= 0.3 is 12.5 Å². The topological polar surface area (TPSA) is 97.0 Å². The first kappa shape index (κ1) is 32.5. The van der Waals surface area contributed by atoms with Crippen LogP contribution in [-0.2, 0) is 27.2 Å². The van der Waals surface area contributed by atoms with Crippen LogP contribution < -0.4 is 20.3 Å². The van der Waals surface area contributed by atoms with Crippen molar-refractivity contribution in [1.29, 1.82) is 0 Å². The summed E-state index contributed by atoms with van der Waals surface area (Å²) in [6.07, 6.45) is -7.23. The molecule has 2 aromatic rings. The quantitative estimate of drug-likeness (QED) is 0.330. The number of anilines is 1. The van der Waals surface area contributed by atoms with E-state index in [0.717, 1.165) is 11.0 Å². The van der Waals surface area contributed by atoms with Gasteiger partial charge < -0.3 is 25.0 Å². The molecule has 0 aromatic heterocycles. The molecular formula is C28H31F6N3O5. The van der Waals surface area contributed by atoms with E-state index < -0.39 is 83.3 Å². The van der Waals surface area contributed by atoms with Gasteiger partial charge in [-0.25, -0.2) is 18.0 Å². The molecular weight excluding hydrogens is 572 g/mol. The van der Waals surface area contributed by atoms with Crippen LogP contribution in [0.3, 0.4) is 0 Å². The summed E-state index contributed by atoms with van der Waals surface area (Å²) in [5.74, 6) is -6.38. The van der Waals surface area contributed by atoms with Crippen molar-refractivity contribution < 1.29 is 50.2 Å². The van der Waals surface area contributed by atoms with E-state index in [1.165, 1.54) is 32.0 Å². The lowest BCUT2D eigenvalue weighted by molar-refractivity contribution is -0.274. The highest BCUT2D eigenvalue weighted by molar-refractivity contribution is 6.01. The molecule has 14 heteroatoms. The second-order valence-corrected chi connectivity index (χ2v) is 10.9. The number of benzene rings is 2. The lowest BCUT2D eigenvalue weighted by Crippen LogP contribution is -2.56. The van der Waals surface area contributed by atoms with Gasteiger partial charge in [0.1, 0.15) is 29.3 Å². The van der Waals surface area contributed by atoms with Gasteiger partial charge in [-0.15, -0.1) is 13.2 Å².